The molecule has 466 valence electrons. The third-order valence-electron chi connectivity index (χ3n) is 17.7. The smallest absolute Gasteiger partial charge is 0.331 e. The number of phenolic OH excluding ortho intramolecular Hbond substituents is 2. The summed E-state index contributed by atoms with van der Waals surface area (Å²) in [4.78, 5) is 62.4. The number of benzene rings is 5. The van der Waals surface area contributed by atoms with Gasteiger partial charge in [0.15, 0.2) is 23.6 Å². The molecule has 1 saturated carbocycles. The van der Waals surface area contributed by atoms with E-state index in [1.165, 1.54) is 51.8 Å². The standard InChI is InChI=1S/C58H73N7O17S4/c1-30-27-34-38-39-41-44(54(80-6)56-49(46(41)51(68)52(78-4)42(39)37(30)31(2)66)61-36(29-84-56)58(70)82-24-20-63-13-17-65(18-14-63)22-26-86(74,75)76)43-40(38)45(50(67)47(34)59-32-7-9-33(77-3)10-8-32)48-55(53(43)79-5)83-28-35(60-48)57(69)81-23-19-62-11-15-64(16-12-62)21-25-85(71,72)73/h27,32-33,35-37,59,67-68H,7-26,28-29H2,1-6H3,(H,71,72,73)(H,74,75,76). The molecule has 3 fully saturated rings. The normalized spacial score (nSPS) is 22.5. The number of nitrogens with zero attached hydrogens (tertiary/aromatic N) is 6. The Bertz CT molecular complexity index is 3920. The number of ether oxygens (including phenoxy) is 6. The first-order valence-corrected chi connectivity index (χ1v) is 34.1. The molecular formula is C58H73N7O17S4. The Morgan fingerprint density at radius 2 is 1.05 bits per heavy atom. The van der Waals surface area contributed by atoms with E-state index >= 15 is 0 Å². The van der Waals surface area contributed by atoms with Crippen LogP contribution in [0.15, 0.2) is 25.3 Å². The van der Waals surface area contributed by atoms with Gasteiger partial charge in [0.2, 0.25) is 0 Å². The molecule has 0 aromatic heterocycles. The van der Waals surface area contributed by atoms with Gasteiger partial charge in [-0.1, -0.05) is 11.6 Å². The topological polar surface area (TPSA) is 306 Å². The molecule has 2 saturated heterocycles. The second kappa shape index (κ2) is 25.2. The van der Waals surface area contributed by atoms with Gasteiger partial charge in [0.25, 0.3) is 20.2 Å². The molecule has 5 aromatic carbocycles. The first-order valence-electron chi connectivity index (χ1n) is 28.9. The van der Waals surface area contributed by atoms with Crippen LogP contribution in [0, 0.1) is 0 Å². The Kier molecular flexibility index (Phi) is 18.2. The molecule has 5 N–H and O–H groups in total. The first-order chi connectivity index (χ1) is 41.1. The van der Waals surface area contributed by atoms with Gasteiger partial charge >= 0.3 is 11.9 Å². The highest BCUT2D eigenvalue weighted by Gasteiger charge is 2.41. The summed E-state index contributed by atoms with van der Waals surface area (Å²) in [5.74, 6) is -2.53. The third-order valence-corrected chi connectivity index (χ3v) is 21.4. The lowest BCUT2D eigenvalue weighted by molar-refractivity contribution is -0.146. The Labute approximate surface area is 506 Å². The number of esters is 2. The number of phenols is 2. The van der Waals surface area contributed by atoms with Gasteiger partial charge in [0, 0.05) is 141 Å². The van der Waals surface area contributed by atoms with Crippen molar-refractivity contribution in [2.75, 3.05) is 149 Å². The zero-order chi connectivity index (χ0) is 61.1. The number of Topliss-reactive ketones (excluding diaryl/α,β-unsaturated/α-hetero) is 1. The van der Waals surface area contributed by atoms with Crippen LogP contribution in [0.25, 0.3) is 49.2 Å². The lowest BCUT2D eigenvalue weighted by atomic mass is 9.80. The van der Waals surface area contributed by atoms with Crippen molar-refractivity contribution in [3.63, 3.8) is 0 Å². The highest BCUT2D eigenvalue weighted by Crippen LogP contribution is 2.60. The predicted molar refractivity (Wildman–Crippen MR) is 326 cm³/mol. The molecule has 3 atom stereocenters. The second-order valence-electron chi connectivity index (χ2n) is 22.8. The van der Waals surface area contributed by atoms with Crippen LogP contribution in [0.5, 0.6) is 28.7 Å². The van der Waals surface area contributed by atoms with E-state index in [0.717, 1.165) is 12.8 Å². The van der Waals surface area contributed by atoms with Gasteiger partial charge < -0.3 is 44.0 Å². The Hall–Kier alpha value is -5.53. The minimum absolute atomic E-state index is 0.0127. The molecule has 3 unspecified atom stereocenters. The summed E-state index contributed by atoms with van der Waals surface area (Å²) in [6.45, 7) is 9.50. The maximum Gasteiger partial charge on any atom is 0.331 e. The molecule has 28 heteroatoms. The summed E-state index contributed by atoms with van der Waals surface area (Å²) in [7, 11) is -1.98. The van der Waals surface area contributed by atoms with Crippen LogP contribution in [-0.2, 0) is 48.8 Å². The zero-order valence-corrected chi connectivity index (χ0v) is 52.2. The van der Waals surface area contributed by atoms with E-state index in [-0.39, 0.29) is 95.2 Å². The monoisotopic (exact) mass is 1270 g/mol. The average molecular weight is 1270 g/mol. The Morgan fingerprint density at radius 3 is 1.48 bits per heavy atom. The van der Waals surface area contributed by atoms with E-state index < -0.39 is 50.2 Å². The van der Waals surface area contributed by atoms with Crippen LogP contribution in [-0.4, -0.2) is 241 Å². The number of methoxy groups -OCH3 is 4. The van der Waals surface area contributed by atoms with Crippen molar-refractivity contribution in [2.24, 2.45) is 9.98 Å². The number of nitrogens with one attached hydrogen (secondary N) is 1. The molecule has 6 aliphatic rings. The molecule has 0 bridgehead atoms. The number of rotatable bonds is 21. The minimum atomic E-state index is -4.09. The van der Waals surface area contributed by atoms with Crippen LogP contribution in [0.2, 0.25) is 0 Å². The quantitative estimate of drug-likeness (QED) is 0.0229. The summed E-state index contributed by atoms with van der Waals surface area (Å²) in [5, 5.41) is 34.2. The van der Waals surface area contributed by atoms with Gasteiger partial charge in [-0.3, -0.25) is 43.5 Å². The Balaban J connectivity index is 1.07. The van der Waals surface area contributed by atoms with Gasteiger partial charge in [-0.15, -0.1) is 23.5 Å². The fourth-order valence-electron chi connectivity index (χ4n) is 13.4. The molecule has 5 aromatic rings. The number of allylic oxidation sites excluding steroid dienone is 1. The van der Waals surface area contributed by atoms with Crippen molar-refractivity contribution in [3.05, 3.63) is 27.4 Å². The maximum atomic E-state index is 14.5. The number of thioether (sulfide) groups is 2. The van der Waals surface area contributed by atoms with Gasteiger partial charge in [-0.25, -0.2) is 9.59 Å². The summed E-state index contributed by atoms with van der Waals surface area (Å²) in [6, 6.07) is -2.17. The van der Waals surface area contributed by atoms with Crippen molar-refractivity contribution < 1.29 is 79.0 Å². The van der Waals surface area contributed by atoms with Crippen molar-refractivity contribution in [2.45, 2.75) is 79.5 Å². The van der Waals surface area contributed by atoms with Gasteiger partial charge in [0.05, 0.1) is 81.8 Å². The maximum absolute atomic E-state index is 14.5. The van der Waals surface area contributed by atoms with Crippen LogP contribution in [0.3, 0.4) is 0 Å². The molecular weight excluding hydrogens is 1190 g/mol. The van der Waals surface area contributed by atoms with Crippen LogP contribution in [0.1, 0.15) is 56.6 Å². The summed E-state index contributed by atoms with van der Waals surface area (Å²) in [6.07, 6.45) is 4.93. The summed E-state index contributed by atoms with van der Waals surface area (Å²) >= 11 is 2.63. The molecule has 24 nitrogen and oxygen atoms in total. The van der Waals surface area contributed by atoms with Crippen LogP contribution < -0.4 is 30.2 Å². The number of fused-ring (bicyclic) bond motifs is 5. The lowest BCUT2D eigenvalue weighted by Gasteiger charge is -2.34. The average Bonchev–Trinajstić information content (AvgIpc) is 1.01. The van der Waals surface area contributed by atoms with E-state index in [1.807, 2.05) is 22.8 Å². The van der Waals surface area contributed by atoms with Gasteiger partial charge in [-0.05, 0) is 44.9 Å². The molecule has 0 spiro atoms. The third kappa shape index (κ3) is 12.0. The number of carbonyl (C=O) groups is 3. The van der Waals surface area contributed by atoms with Gasteiger partial charge in [0.1, 0.15) is 36.2 Å². The number of ketones is 1. The molecule has 11 rings (SSSR count). The predicted octanol–water partition coefficient (Wildman–Crippen LogP) is 3.92. The highest BCUT2D eigenvalue weighted by atomic mass is 32.2. The number of piperazine rings is 2. The molecule has 4 aliphatic heterocycles. The SMILES string of the molecule is COc1c(O)c2c3c(c(OC)c4c5c(OC)c6c(c7c(O)c(NC8CCC(OC)CC8)c8c(c(c1C(C(C)=O)C(C)=C8)c24)c75)=NC(C(=O)OCCN1CCN(CCS(=O)(=O)O)CC1)CS6)SCC(C(=O)OCCN1CCN(CCS(=O)(=O)O)CC1)N=3. The highest BCUT2D eigenvalue weighted by molar-refractivity contribution is 7.99. The number of anilines is 1. The minimum Gasteiger partial charge on any atom is -0.505 e. The first kappa shape index (κ1) is 62.1. The van der Waals surface area contributed by atoms with Crippen molar-refractivity contribution in [1.82, 2.24) is 19.6 Å². The fourth-order valence-corrected chi connectivity index (χ4v) is 16.6. The fraction of sp³-hybridized carbons (Fsp3) is 0.569. The van der Waals surface area contributed by atoms with Crippen LogP contribution in [0.4, 0.5) is 5.69 Å². The molecule has 4 heterocycles. The molecule has 0 amide bonds. The van der Waals surface area contributed by atoms with E-state index in [1.54, 1.807) is 7.11 Å². The van der Waals surface area contributed by atoms with Crippen LogP contribution >= 0.6 is 23.5 Å². The van der Waals surface area contributed by atoms with E-state index in [0.29, 0.717) is 165 Å². The van der Waals surface area contributed by atoms with Crippen molar-refractivity contribution >= 4 is 116 Å². The molecule has 2 aliphatic carbocycles. The zero-order valence-electron chi connectivity index (χ0n) is 48.9. The number of aromatic hydroxyl groups is 2. The van der Waals surface area contributed by atoms with Gasteiger partial charge in [-0.2, -0.15) is 16.8 Å². The van der Waals surface area contributed by atoms with Crippen molar-refractivity contribution in [3.8, 4) is 28.7 Å². The van der Waals surface area contributed by atoms with Crippen molar-refractivity contribution in [1.29, 1.82) is 0 Å². The van der Waals surface area contributed by atoms with E-state index in [2.05, 4.69) is 15.1 Å². The largest absolute Gasteiger partial charge is 0.505 e. The number of hydrogen-bond donors (Lipinski definition) is 5. The summed E-state index contributed by atoms with van der Waals surface area (Å²) < 4.78 is 101. The molecule has 86 heavy (non-hydrogen) atoms. The number of hydrogen-bond acceptors (Lipinski definition) is 24. The number of carbonyl (C=O) groups excluding carboxylic acids is 3. The lowest BCUT2D eigenvalue weighted by Crippen LogP contribution is -2.48. The molecule has 0 radical (unpaired) electrons. The second-order valence-corrected chi connectivity index (χ2v) is 28.0. The van der Waals surface area contributed by atoms with E-state index in [9.17, 15) is 50.5 Å². The Morgan fingerprint density at radius 1 is 0.605 bits per heavy atom. The summed E-state index contributed by atoms with van der Waals surface area (Å²) in [5.41, 5.74) is 1.90. The van der Waals surface area contributed by atoms with E-state index in [4.69, 9.17) is 38.4 Å².